The lowest BCUT2D eigenvalue weighted by molar-refractivity contribution is -0.117. The molecule has 5 nitrogen and oxygen atoms in total. The zero-order valence-corrected chi connectivity index (χ0v) is 17.0. The standard InChI is InChI=1S/C20H22N4OS2/c1-3-24(17-12-8-5-9-13-17)18(25)15(2)26-20-23-22-19(27-20)21-14-16-10-6-4-7-11-16/h4-13,15H,3,14H2,1-2H3,(H,21,22)/t15-/m1/s1. The molecule has 1 atom stereocenters. The summed E-state index contributed by atoms with van der Waals surface area (Å²) in [6.45, 7) is 5.23. The van der Waals surface area contributed by atoms with Gasteiger partial charge in [0.25, 0.3) is 0 Å². The Balaban J connectivity index is 1.58. The van der Waals surface area contributed by atoms with Crippen molar-refractivity contribution < 1.29 is 4.79 Å². The maximum Gasteiger partial charge on any atom is 0.240 e. The molecule has 0 bridgehead atoms. The van der Waals surface area contributed by atoms with Crippen LogP contribution in [0.4, 0.5) is 10.8 Å². The average molecular weight is 399 g/mol. The summed E-state index contributed by atoms with van der Waals surface area (Å²) >= 11 is 2.92. The summed E-state index contributed by atoms with van der Waals surface area (Å²) in [5.74, 6) is 0.0719. The molecule has 140 valence electrons. The number of hydrogen-bond donors (Lipinski definition) is 1. The second-order valence-electron chi connectivity index (χ2n) is 5.89. The van der Waals surface area contributed by atoms with Crippen molar-refractivity contribution in [2.75, 3.05) is 16.8 Å². The number of hydrogen-bond acceptors (Lipinski definition) is 6. The number of amides is 1. The summed E-state index contributed by atoms with van der Waals surface area (Å²) < 4.78 is 0.788. The lowest BCUT2D eigenvalue weighted by Gasteiger charge is -2.23. The largest absolute Gasteiger partial charge is 0.356 e. The fourth-order valence-corrected chi connectivity index (χ4v) is 4.55. The molecule has 1 amide bonds. The molecule has 27 heavy (non-hydrogen) atoms. The summed E-state index contributed by atoms with van der Waals surface area (Å²) in [7, 11) is 0. The van der Waals surface area contributed by atoms with E-state index in [0.717, 1.165) is 15.2 Å². The van der Waals surface area contributed by atoms with Crippen LogP contribution in [0.15, 0.2) is 65.0 Å². The molecule has 0 saturated carbocycles. The van der Waals surface area contributed by atoms with Crippen LogP contribution in [0.3, 0.4) is 0 Å². The second-order valence-corrected chi connectivity index (χ2v) is 8.46. The molecule has 3 aromatic rings. The molecular weight excluding hydrogens is 376 g/mol. The van der Waals surface area contributed by atoms with Crippen molar-refractivity contribution >= 4 is 39.8 Å². The van der Waals surface area contributed by atoms with Gasteiger partial charge in [-0.2, -0.15) is 0 Å². The number of nitrogens with one attached hydrogen (secondary N) is 1. The molecule has 1 N–H and O–H groups in total. The van der Waals surface area contributed by atoms with Crippen molar-refractivity contribution in [3.05, 3.63) is 66.2 Å². The number of para-hydroxylation sites is 1. The maximum atomic E-state index is 12.8. The highest BCUT2D eigenvalue weighted by Gasteiger charge is 2.23. The zero-order valence-electron chi connectivity index (χ0n) is 15.3. The topological polar surface area (TPSA) is 58.1 Å². The van der Waals surface area contributed by atoms with Crippen LogP contribution < -0.4 is 10.2 Å². The van der Waals surface area contributed by atoms with Gasteiger partial charge in [0.05, 0.1) is 5.25 Å². The van der Waals surface area contributed by atoms with Gasteiger partial charge in [-0.15, -0.1) is 10.2 Å². The van der Waals surface area contributed by atoms with Crippen LogP contribution in [0.2, 0.25) is 0 Å². The Bertz CT molecular complexity index is 855. The third-order valence-corrected chi connectivity index (χ3v) is 6.02. The molecule has 0 aliphatic rings. The fourth-order valence-electron chi connectivity index (χ4n) is 2.60. The molecule has 0 fully saturated rings. The number of anilines is 2. The Morgan fingerprint density at radius 2 is 1.78 bits per heavy atom. The van der Waals surface area contributed by atoms with E-state index < -0.39 is 0 Å². The number of thioether (sulfide) groups is 1. The van der Waals surface area contributed by atoms with E-state index in [1.807, 2.05) is 62.4 Å². The molecule has 7 heteroatoms. The molecule has 1 aromatic heterocycles. The van der Waals surface area contributed by atoms with Crippen LogP contribution in [0, 0.1) is 0 Å². The Hall–Kier alpha value is -2.38. The van der Waals surface area contributed by atoms with Crippen LogP contribution in [0.5, 0.6) is 0 Å². The van der Waals surface area contributed by atoms with Crippen molar-refractivity contribution in [1.82, 2.24) is 10.2 Å². The lowest BCUT2D eigenvalue weighted by atomic mass is 10.2. The Morgan fingerprint density at radius 1 is 1.11 bits per heavy atom. The molecule has 1 heterocycles. The minimum atomic E-state index is -0.236. The minimum absolute atomic E-state index is 0.0719. The van der Waals surface area contributed by atoms with Crippen LogP contribution in [0.1, 0.15) is 19.4 Å². The van der Waals surface area contributed by atoms with E-state index in [9.17, 15) is 4.79 Å². The predicted molar refractivity (Wildman–Crippen MR) is 113 cm³/mol. The first-order valence-electron chi connectivity index (χ1n) is 8.81. The molecule has 0 radical (unpaired) electrons. The first-order valence-corrected chi connectivity index (χ1v) is 10.5. The van der Waals surface area contributed by atoms with Crippen molar-refractivity contribution in [1.29, 1.82) is 0 Å². The van der Waals surface area contributed by atoms with Gasteiger partial charge in [0.2, 0.25) is 11.0 Å². The summed E-state index contributed by atoms with van der Waals surface area (Å²) in [5, 5.41) is 12.2. The molecule has 3 rings (SSSR count). The summed E-state index contributed by atoms with van der Waals surface area (Å²) in [5.41, 5.74) is 2.10. The van der Waals surface area contributed by atoms with Crippen LogP contribution in [-0.4, -0.2) is 27.9 Å². The van der Waals surface area contributed by atoms with E-state index in [-0.39, 0.29) is 11.2 Å². The van der Waals surface area contributed by atoms with E-state index in [2.05, 4.69) is 27.6 Å². The third-order valence-electron chi connectivity index (χ3n) is 3.97. The fraction of sp³-hybridized carbons (Fsp3) is 0.250. The molecule has 0 aliphatic carbocycles. The van der Waals surface area contributed by atoms with Gasteiger partial charge in [-0.05, 0) is 31.5 Å². The monoisotopic (exact) mass is 398 g/mol. The SMILES string of the molecule is CCN(C(=O)[C@@H](C)Sc1nnc(NCc2ccccc2)s1)c1ccccc1. The minimum Gasteiger partial charge on any atom is -0.356 e. The van der Waals surface area contributed by atoms with Gasteiger partial charge in [-0.3, -0.25) is 4.79 Å². The van der Waals surface area contributed by atoms with Gasteiger partial charge in [-0.25, -0.2) is 0 Å². The number of rotatable bonds is 8. The maximum absolute atomic E-state index is 12.8. The molecule has 0 saturated heterocycles. The van der Waals surface area contributed by atoms with Gasteiger partial charge in [0, 0.05) is 18.8 Å². The first kappa shape index (κ1) is 19.4. The van der Waals surface area contributed by atoms with Crippen molar-refractivity contribution in [3.8, 4) is 0 Å². The molecule has 0 aliphatic heterocycles. The smallest absolute Gasteiger partial charge is 0.240 e. The lowest BCUT2D eigenvalue weighted by Crippen LogP contribution is -2.36. The first-order chi connectivity index (χ1) is 13.2. The van der Waals surface area contributed by atoms with Gasteiger partial charge >= 0.3 is 0 Å². The Kier molecular flexibility index (Phi) is 6.84. The van der Waals surface area contributed by atoms with Gasteiger partial charge in [0.15, 0.2) is 4.34 Å². The normalized spacial score (nSPS) is 11.8. The van der Waals surface area contributed by atoms with Crippen LogP contribution in [-0.2, 0) is 11.3 Å². The highest BCUT2D eigenvalue weighted by molar-refractivity contribution is 8.02. The van der Waals surface area contributed by atoms with Crippen molar-refractivity contribution in [3.63, 3.8) is 0 Å². The zero-order chi connectivity index (χ0) is 19.1. The van der Waals surface area contributed by atoms with E-state index in [4.69, 9.17) is 0 Å². The quantitative estimate of drug-likeness (QED) is 0.558. The molecule has 0 unspecified atom stereocenters. The van der Waals surface area contributed by atoms with E-state index in [1.165, 1.54) is 28.7 Å². The number of carbonyl (C=O) groups is 1. The predicted octanol–water partition coefficient (Wildman–Crippen LogP) is 4.68. The molecule has 2 aromatic carbocycles. The highest BCUT2D eigenvalue weighted by Crippen LogP contribution is 2.30. The summed E-state index contributed by atoms with van der Waals surface area (Å²) in [4.78, 5) is 14.6. The van der Waals surface area contributed by atoms with Crippen LogP contribution >= 0.6 is 23.1 Å². The number of benzene rings is 2. The number of nitrogens with zero attached hydrogens (tertiary/aromatic N) is 3. The van der Waals surface area contributed by atoms with Gasteiger partial charge in [0.1, 0.15) is 0 Å². The van der Waals surface area contributed by atoms with Crippen molar-refractivity contribution in [2.24, 2.45) is 0 Å². The van der Waals surface area contributed by atoms with E-state index in [1.54, 1.807) is 4.90 Å². The third kappa shape index (κ3) is 5.30. The average Bonchev–Trinajstić information content (AvgIpc) is 3.16. The molecule has 0 spiro atoms. The highest BCUT2D eigenvalue weighted by atomic mass is 32.2. The molecular formula is C20H22N4OS2. The van der Waals surface area contributed by atoms with Crippen molar-refractivity contribution in [2.45, 2.75) is 30.0 Å². The number of aromatic nitrogens is 2. The van der Waals surface area contributed by atoms with E-state index >= 15 is 0 Å². The Morgan fingerprint density at radius 3 is 2.44 bits per heavy atom. The van der Waals surface area contributed by atoms with E-state index in [0.29, 0.717) is 13.1 Å². The second kappa shape index (κ2) is 9.53. The Labute approximate surface area is 167 Å². The summed E-state index contributed by atoms with van der Waals surface area (Å²) in [6.07, 6.45) is 0. The van der Waals surface area contributed by atoms with Crippen LogP contribution in [0.25, 0.3) is 0 Å². The number of carbonyl (C=O) groups excluding carboxylic acids is 1. The van der Waals surface area contributed by atoms with Gasteiger partial charge < -0.3 is 10.2 Å². The summed E-state index contributed by atoms with van der Waals surface area (Å²) in [6, 6.07) is 19.9. The van der Waals surface area contributed by atoms with Gasteiger partial charge in [-0.1, -0.05) is 71.6 Å².